The van der Waals surface area contributed by atoms with Crippen molar-refractivity contribution in [2.24, 2.45) is 19.8 Å². The molecule has 0 aliphatic rings. The van der Waals surface area contributed by atoms with E-state index in [0.717, 1.165) is 0 Å². The Morgan fingerprint density at radius 2 is 1.55 bits per heavy atom. The van der Waals surface area contributed by atoms with Gasteiger partial charge in [0.15, 0.2) is 0 Å². The summed E-state index contributed by atoms with van der Waals surface area (Å²) in [4.78, 5) is 51.7. The van der Waals surface area contributed by atoms with E-state index in [1.165, 1.54) is 34.9 Å². The molecule has 14 nitrogen and oxygen atoms in total. The average molecular weight is 592 g/mol. The third kappa shape index (κ3) is 6.78. The smallest absolute Gasteiger partial charge is 0.278 e. The summed E-state index contributed by atoms with van der Waals surface area (Å²) in [5, 5.41) is 26.8. The number of H-pyrrole nitrogens is 1. The van der Waals surface area contributed by atoms with E-state index in [9.17, 15) is 24.5 Å². The Morgan fingerprint density at radius 1 is 0.975 bits per heavy atom. The molecule has 16 heteroatoms. The van der Waals surface area contributed by atoms with Gasteiger partial charge in [0.1, 0.15) is 17.1 Å². The molecule has 0 saturated heterocycles. The van der Waals surface area contributed by atoms with E-state index in [1.54, 1.807) is 37.1 Å². The van der Waals surface area contributed by atoms with E-state index in [-0.39, 0.29) is 66.6 Å². The molecule has 4 rings (SSSR count). The monoisotopic (exact) mass is 591 g/mol. The number of nitrogens with one attached hydrogen (secondary N) is 5. The first-order valence-electron chi connectivity index (χ1n) is 11.4. The van der Waals surface area contributed by atoms with Gasteiger partial charge >= 0.3 is 0 Å². The number of benzene rings is 1. The molecule has 1 aromatic carbocycles. The maximum atomic E-state index is 12.9. The van der Waals surface area contributed by atoms with Gasteiger partial charge < -0.3 is 35.8 Å². The van der Waals surface area contributed by atoms with Crippen molar-refractivity contribution in [3.05, 3.63) is 76.0 Å². The fourth-order valence-electron chi connectivity index (χ4n) is 3.93. The van der Waals surface area contributed by atoms with Crippen molar-refractivity contribution < 1.29 is 19.3 Å². The maximum absolute atomic E-state index is 12.9. The zero-order valence-corrected chi connectivity index (χ0v) is 22.9. The molecule has 3 heterocycles. The lowest BCUT2D eigenvalue weighted by Gasteiger charge is -2.04. The first-order valence-corrected chi connectivity index (χ1v) is 11.4. The zero-order valence-electron chi connectivity index (χ0n) is 21.3. The Bertz CT molecular complexity index is 1610. The molecule has 0 aliphatic carbocycles. The zero-order chi connectivity index (χ0) is 27.6. The van der Waals surface area contributed by atoms with Crippen molar-refractivity contribution in [3.8, 4) is 0 Å². The number of amidine groups is 1. The highest BCUT2D eigenvalue weighted by Crippen LogP contribution is 2.26. The molecule has 0 fully saturated rings. The maximum Gasteiger partial charge on any atom is 0.278 e. The number of halogens is 2. The summed E-state index contributed by atoms with van der Waals surface area (Å²) in [5.74, 6) is -1.41. The van der Waals surface area contributed by atoms with Gasteiger partial charge in [-0.25, -0.2) is 0 Å². The molecule has 7 N–H and O–H groups in total. The predicted octanol–water partition coefficient (Wildman–Crippen LogP) is 3.16. The minimum atomic E-state index is -0.531. The van der Waals surface area contributed by atoms with Crippen LogP contribution in [0.2, 0.25) is 0 Å². The summed E-state index contributed by atoms with van der Waals surface area (Å²) in [5.41, 5.74) is 7.03. The van der Waals surface area contributed by atoms with E-state index in [1.807, 2.05) is 0 Å². The summed E-state index contributed by atoms with van der Waals surface area (Å²) in [6, 6.07) is 8.92. The second-order valence-corrected chi connectivity index (χ2v) is 8.57. The lowest BCUT2D eigenvalue weighted by molar-refractivity contribution is -0.383. The second kappa shape index (κ2) is 12.8. The highest BCUT2D eigenvalue weighted by Gasteiger charge is 2.19. The molecule has 0 unspecified atom stereocenters. The number of aryl methyl sites for hydroxylation is 2. The van der Waals surface area contributed by atoms with Crippen LogP contribution in [0.5, 0.6) is 0 Å². The quantitative estimate of drug-likeness (QED) is 0.0744. The number of aromatic nitrogens is 3. The van der Waals surface area contributed by atoms with Crippen LogP contribution < -0.4 is 21.7 Å². The first kappa shape index (κ1) is 31.4. The Labute approximate surface area is 239 Å². The number of carbonyl (C=O) groups excluding carboxylic acids is 3. The number of fused-ring (bicyclic) bond motifs is 1. The highest BCUT2D eigenvalue weighted by atomic mass is 35.5. The van der Waals surface area contributed by atoms with Crippen LogP contribution in [0.4, 0.5) is 17.1 Å². The van der Waals surface area contributed by atoms with E-state index >= 15 is 0 Å². The summed E-state index contributed by atoms with van der Waals surface area (Å²) >= 11 is 0. The number of rotatable bonds is 9. The molecule has 0 saturated carbocycles. The summed E-state index contributed by atoms with van der Waals surface area (Å²) < 4.78 is 3.08. The molecule has 212 valence electrons. The molecule has 0 bridgehead atoms. The number of hydrogen-bond donors (Lipinski definition) is 6. The number of anilines is 2. The van der Waals surface area contributed by atoms with Gasteiger partial charge in [0.2, 0.25) is 0 Å². The number of amides is 3. The molecular formula is C24H27Cl2N9O5. The van der Waals surface area contributed by atoms with E-state index in [0.29, 0.717) is 28.0 Å². The van der Waals surface area contributed by atoms with Crippen LogP contribution in [0.15, 0.2) is 48.8 Å². The molecule has 3 amide bonds. The van der Waals surface area contributed by atoms with Crippen molar-refractivity contribution in [3.63, 3.8) is 0 Å². The van der Waals surface area contributed by atoms with Gasteiger partial charge in [0, 0.05) is 45.5 Å². The fraction of sp³-hybridized carbons (Fsp3) is 0.167. The highest BCUT2D eigenvalue weighted by molar-refractivity contribution is 6.09. The van der Waals surface area contributed by atoms with Gasteiger partial charge in [-0.3, -0.25) is 29.9 Å². The van der Waals surface area contributed by atoms with Gasteiger partial charge in [-0.2, -0.15) is 0 Å². The molecular weight excluding hydrogens is 565 g/mol. The van der Waals surface area contributed by atoms with Gasteiger partial charge in [0.25, 0.3) is 23.4 Å². The molecule has 4 aromatic rings. The Morgan fingerprint density at radius 3 is 2.12 bits per heavy atom. The molecule has 0 spiro atoms. The lowest BCUT2D eigenvalue weighted by Crippen LogP contribution is -2.28. The van der Waals surface area contributed by atoms with Crippen LogP contribution in [-0.4, -0.2) is 49.1 Å². The van der Waals surface area contributed by atoms with Crippen LogP contribution >= 0.6 is 24.8 Å². The molecule has 40 heavy (non-hydrogen) atoms. The van der Waals surface area contributed by atoms with E-state index < -0.39 is 16.7 Å². The predicted molar refractivity (Wildman–Crippen MR) is 155 cm³/mol. The lowest BCUT2D eigenvalue weighted by atomic mass is 10.2. The van der Waals surface area contributed by atoms with Crippen molar-refractivity contribution in [1.29, 1.82) is 5.41 Å². The topological polar surface area (TPSA) is 206 Å². The summed E-state index contributed by atoms with van der Waals surface area (Å²) in [6.07, 6.45) is 3.36. The number of non-ortho nitro benzene ring substituents is 1. The van der Waals surface area contributed by atoms with Crippen LogP contribution in [0.1, 0.15) is 37.9 Å². The average Bonchev–Trinajstić information content (AvgIpc) is 3.54. The van der Waals surface area contributed by atoms with Crippen LogP contribution in [-0.2, 0) is 14.1 Å². The molecule has 3 aromatic heterocycles. The SMILES string of the molecule is Cl.Cl.Cn1cc(NC(=O)c2cc(NC(=O)c3cc4c([N+](=O)[O-])cccc4[nH]3)cn2C)cc1C(=O)NCCC(=N)N. The number of nitro groups is 1. The number of nitrogens with zero attached hydrogens (tertiary/aromatic N) is 3. The normalized spacial score (nSPS) is 10.2. The third-order valence-corrected chi connectivity index (χ3v) is 5.75. The van der Waals surface area contributed by atoms with Gasteiger partial charge in [-0.05, 0) is 24.3 Å². The number of carbonyl (C=O) groups is 3. The number of hydrogen-bond acceptors (Lipinski definition) is 6. The fourth-order valence-corrected chi connectivity index (χ4v) is 3.93. The van der Waals surface area contributed by atoms with Crippen molar-refractivity contribution >= 4 is 76.3 Å². The number of aromatic amines is 1. The summed E-state index contributed by atoms with van der Waals surface area (Å²) in [6.45, 7) is 0.217. The Balaban J connectivity index is 0.00000280. The second-order valence-electron chi connectivity index (χ2n) is 8.57. The third-order valence-electron chi connectivity index (χ3n) is 5.75. The van der Waals surface area contributed by atoms with Crippen molar-refractivity contribution in [2.45, 2.75) is 6.42 Å². The van der Waals surface area contributed by atoms with Crippen LogP contribution in [0.25, 0.3) is 10.9 Å². The van der Waals surface area contributed by atoms with Gasteiger partial charge in [-0.15, -0.1) is 24.8 Å². The number of nitrogens with two attached hydrogens (primary N) is 1. The van der Waals surface area contributed by atoms with Gasteiger partial charge in [-0.1, -0.05) is 6.07 Å². The van der Waals surface area contributed by atoms with E-state index in [4.69, 9.17) is 11.1 Å². The molecule has 0 atom stereocenters. The minimum absolute atomic E-state index is 0. The summed E-state index contributed by atoms with van der Waals surface area (Å²) in [7, 11) is 3.29. The molecule has 0 radical (unpaired) electrons. The van der Waals surface area contributed by atoms with Crippen molar-refractivity contribution in [2.75, 3.05) is 17.2 Å². The Hall–Kier alpha value is -4.82. The van der Waals surface area contributed by atoms with E-state index in [2.05, 4.69) is 20.9 Å². The van der Waals surface area contributed by atoms with Crippen molar-refractivity contribution in [1.82, 2.24) is 19.4 Å². The Kier molecular flexibility index (Phi) is 10.1. The standard InChI is InChI=1S/C24H25N9O5.2ClH/c1-31-12-14(8-19(31)23(35)27-7-6-21(25)26)29-24(36)20-9-13(11-32(20)2)28-22(34)17-10-15-16(30-17)4-3-5-18(15)33(37)38;;/h3-5,8-12,30H,6-7H2,1-2H3,(H3,25,26)(H,27,35)(H,28,34)(H,29,36);2*1H. The number of nitro benzene ring substituents is 1. The van der Waals surface area contributed by atoms with Crippen LogP contribution in [0, 0.1) is 15.5 Å². The first-order chi connectivity index (χ1) is 18.0. The van der Waals surface area contributed by atoms with Gasteiger partial charge in [0.05, 0.1) is 33.0 Å². The van der Waals surface area contributed by atoms with Crippen LogP contribution in [0.3, 0.4) is 0 Å². The molecule has 0 aliphatic heterocycles. The largest absolute Gasteiger partial charge is 0.388 e. The minimum Gasteiger partial charge on any atom is -0.388 e.